The second-order valence-electron chi connectivity index (χ2n) is 5.13. The molecule has 1 fully saturated rings. The molecular weight excluding hydrogens is 253 g/mol. The van der Waals surface area contributed by atoms with E-state index in [-0.39, 0.29) is 0 Å². The van der Waals surface area contributed by atoms with Gasteiger partial charge in [-0.05, 0) is 49.5 Å². The van der Waals surface area contributed by atoms with Crippen molar-refractivity contribution in [2.24, 2.45) is 0 Å². The summed E-state index contributed by atoms with van der Waals surface area (Å²) in [7, 11) is 0. The third-order valence-corrected chi connectivity index (χ3v) is 3.15. The average Bonchev–Trinajstić information content (AvgIpc) is 3.20. The van der Waals surface area contributed by atoms with Gasteiger partial charge in [0.25, 0.3) is 0 Å². The van der Waals surface area contributed by atoms with Crippen LogP contribution >= 0.6 is 0 Å². The van der Waals surface area contributed by atoms with Gasteiger partial charge in [0.05, 0.1) is 0 Å². The minimum atomic E-state index is -0.501. The molecule has 1 N–H and O–H groups in total. The van der Waals surface area contributed by atoms with Crippen LogP contribution in [0, 0.1) is 0 Å². The third-order valence-electron chi connectivity index (χ3n) is 3.15. The quantitative estimate of drug-likeness (QED) is 0.582. The van der Waals surface area contributed by atoms with Crippen LogP contribution in [-0.4, -0.2) is 0 Å². The van der Waals surface area contributed by atoms with Crippen LogP contribution in [0.1, 0.15) is 36.8 Å². The Labute approximate surface area is 119 Å². The fraction of sp³-hybridized carbons (Fsp3) is 0.294. The molecule has 0 aliphatic heterocycles. The van der Waals surface area contributed by atoms with E-state index >= 15 is 0 Å². The largest absolute Gasteiger partial charge is 0.475 e. The third kappa shape index (κ3) is 4.57. The molecule has 0 saturated heterocycles. The van der Waals surface area contributed by atoms with Crippen LogP contribution in [0.2, 0.25) is 0 Å². The summed E-state index contributed by atoms with van der Waals surface area (Å²) >= 11 is 0. The first-order valence-corrected chi connectivity index (χ1v) is 6.75. The van der Waals surface area contributed by atoms with Crippen molar-refractivity contribution in [3.8, 4) is 0 Å². The minimum absolute atomic E-state index is 0.395. The lowest BCUT2D eigenvalue weighted by atomic mass is 10.1. The molecule has 0 spiro atoms. The molecule has 0 atom stereocenters. The van der Waals surface area contributed by atoms with E-state index in [1.807, 2.05) is 0 Å². The van der Waals surface area contributed by atoms with Crippen LogP contribution in [0.3, 0.4) is 0 Å². The summed E-state index contributed by atoms with van der Waals surface area (Å²) in [5.41, 5.74) is 3.10. The lowest BCUT2D eigenvalue weighted by Crippen LogP contribution is -2.12. The van der Waals surface area contributed by atoms with Gasteiger partial charge in [-0.15, -0.1) is 0 Å². The molecule has 0 heterocycles. The summed E-state index contributed by atoms with van der Waals surface area (Å²) in [5, 5.41) is 2.86. The molecule has 1 aliphatic carbocycles. The maximum atomic E-state index is 12.6. The number of hydrogen-bond acceptors (Lipinski definition) is 2. The minimum Gasteiger partial charge on any atom is -0.475 e. The summed E-state index contributed by atoms with van der Waals surface area (Å²) in [6.07, 6.45) is 3.91. The maximum Gasteiger partial charge on any atom is 0.183 e. The van der Waals surface area contributed by atoms with Crippen molar-refractivity contribution in [3.63, 3.8) is 0 Å². The Bertz CT molecular complexity index is 526. The number of rotatable bonds is 7. The van der Waals surface area contributed by atoms with Gasteiger partial charge in [0.2, 0.25) is 0 Å². The predicted molar refractivity (Wildman–Crippen MR) is 79.5 cm³/mol. The first kappa shape index (κ1) is 14.4. The van der Waals surface area contributed by atoms with Gasteiger partial charge in [-0.3, -0.25) is 0 Å². The van der Waals surface area contributed by atoms with E-state index < -0.39 is 5.83 Å². The van der Waals surface area contributed by atoms with Gasteiger partial charge >= 0.3 is 0 Å². The first-order chi connectivity index (χ1) is 9.54. The van der Waals surface area contributed by atoms with Crippen LogP contribution < -0.4 is 5.32 Å². The SMILES string of the molecule is C=C(F)/C=C(\C)NC(=C)OCc1ccc(C2CC2)cc1. The number of ether oxygens (including phenoxy) is 1. The lowest BCUT2D eigenvalue weighted by molar-refractivity contribution is 0.184. The Morgan fingerprint density at radius 3 is 2.55 bits per heavy atom. The van der Waals surface area contributed by atoms with Gasteiger partial charge in [0, 0.05) is 5.70 Å². The van der Waals surface area contributed by atoms with Gasteiger partial charge in [-0.2, -0.15) is 0 Å². The Morgan fingerprint density at radius 2 is 2.00 bits per heavy atom. The van der Waals surface area contributed by atoms with Gasteiger partial charge < -0.3 is 10.1 Å². The van der Waals surface area contributed by atoms with E-state index in [9.17, 15) is 4.39 Å². The van der Waals surface area contributed by atoms with Crippen molar-refractivity contribution >= 4 is 0 Å². The Kier molecular flexibility index (Phi) is 4.61. The van der Waals surface area contributed by atoms with Crippen LogP contribution in [0.4, 0.5) is 4.39 Å². The summed E-state index contributed by atoms with van der Waals surface area (Å²) < 4.78 is 18.1. The number of halogens is 1. The topological polar surface area (TPSA) is 21.3 Å². The molecule has 1 aromatic carbocycles. The zero-order valence-corrected chi connectivity index (χ0v) is 11.8. The smallest absolute Gasteiger partial charge is 0.183 e. The van der Waals surface area contributed by atoms with Crippen LogP contribution in [-0.2, 0) is 11.3 Å². The van der Waals surface area contributed by atoms with Gasteiger partial charge in [-0.25, -0.2) is 4.39 Å². The van der Waals surface area contributed by atoms with Gasteiger partial charge in [0.1, 0.15) is 12.4 Å². The van der Waals surface area contributed by atoms with E-state index in [1.165, 1.54) is 24.5 Å². The normalized spacial score (nSPS) is 14.8. The zero-order valence-electron chi connectivity index (χ0n) is 11.8. The van der Waals surface area contributed by atoms with Crippen molar-refractivity contribution in [1.29, 1.82) is 0 Å². The Balaban J connectivity index is 1.79. The highest BCUT2D eigenvalue weighted by Gasteiger charge is 2.22. The fourth-order valence-corrected chi connectivity index (χ4v) is 2.00. The molecule has 0 amide bonds. The van der Waals surface area contributed by atoms with Crippen LogP contribution in [0.25, 0.3) is 0 Å². The van der Waals surface area contributed by atoms with Crippen molar-refractivity contribution in [2.75, 3.05) is 0 Å². The Hall–Kier alpha value is -2.03. The molecular formula is C17H20FNO. The number of hydrogen-bond donors (Lipinski definition) is 1. The molecule has 3 heteroatoms. The highest BCUT2D eigenvalue weighted by atomic mass is 19.1. The summed E-state index contributed by atoms with van der Waals surface area (Å²) in [6, 6.07) is 8.47. The summed E-state index contributed by atoms with van der Waals surface area (Å²) in [6.45, 7) is 9.09. The average molecular weight is 273 g/mol. The Morgan fingerprint density at radius 1 is 1.35 bits per heavy atom. The zero-order chi connectivity index (χ0) is 14.5. The van der Waals surface area contributed by atoms with E-state index in [4.69, 9.17) is 4.74 Å². The number of benzene rings is 1. The fourth-order valence-electron chi connectivity index (χ4n) is 2.00. The number of nitrogens with one attached hydrogen (secondary N) is 1. The van der Waals surface area contributed by atoms with Gasteiger partial charge in [-0.1, -0.05) is 30.8 Å². The molecule has 2 nitrogen and oxygen atoms in total. The second kappa shape index (κ2) is 6.42. The molecule has 20 heavy (non-hydrogen) atoms. The van der Waals surface area contributed by atoms with Crippen molar-refractivity contribution in [1.82, 2.24) is 5.32 Å². The summed E-state index contributed by atoms with van der Waals surface area (Å²) in [5.74, 6) is 0.660. The molecule has 0 radical (unpaired) electrons. The molecule has 0 aromatic heterocycles. The number of allylic oxidation sites excluding steroid dienone is 3. The molecule has 2 rings (SSSR count). The van der Waals surface area contributed by atoms with Crippen LogP contribution in [0.15, 0.2) is 60.9 Å². The van der Waals surface area contributed by atoms with Crippen molar-refractivity contribution in [3.05, 3.63) is 72.0 Å². The molecule has 106 valence electrons. The molecule has 1 aromatic rings. The van der Waals surface area contributed by atoms with Crippen molar-refractivity contribution in [2.45, 2.75) is 32.3 Å². The van der Waals surface area contributed by atoms with E-state index in [1.54, 1.807) is 6.92 Å². The molecule has 1 aliphatic rings. The first-order valence-electron chi connectivity index (χ1n) is 6.75. The highest BCUT2D eigenvalue weighted by Crippen LogP contribution is 2.39. The van der Waals surface area contributed by atoms with Gasteiger partial charge in [0.15, 0.2) is 5.88 Å². The van der Waals surface area contributed by atoms with Crippen LogP contribution in [0.5, 0.6) is 0 Å². The van der Waals surface area contributed by atoms with E-state index in [2.05, 4.69) is 42.7 Å². The van der Waals surface area contributed by atoms with E-state index in [0.29, 0.717) is 18.2 Å². The molecule has 0 unspecified atom stereocenters. The monoisotopic (exact) mass is 273 g/mol. The second-order valence-corrected chi connectivity index (χ2v) is 5.13. The maximum absolute atomic E-state index is 12.6. The molecule has 0 bridgehead atoms. The molecule has 1 saturated carbocycles. The summed E-state index contributed by atoms with van der Waals surface area (Å²) in [4.78, 5) is 0. The van der Waals surface area contributed by atoms with E-state index in [0.717, 1.165) is 11.5 Å². The predicted octanol–water partition coefficient (Wildman–Crippen LogP) is 4.53. The highest BCUT2D eigenvalue weighted by molar-refractivity contribution is 5.27. The standard InChI is InChI=1S/C17H20FNO/c1-12(18)10-13(2)19-14(3)20-11-15-4-6-16(7-5-15)17-8-9-17/h4-7,10,17,19H,1,3,8-9,11H2,2H3/b13-10+. The van der Waals surface area contributed by atoms with Crippen molar-refractivity contribution < 1.29 is 9.13 Å². The lowest BCUT2D eigenvalue weighted by Gasteiger charge is -2.12.